The number of hydrogen-bond donors (Lipinski definition) is 1. The van der Waals surface area contributed by atoms with Crippen LogP contribution < -0.4 is 5.32 Å². The largest absolute Gasteiger partial charge is 0.463 e. The van der Waals surface area contributed by atoms with E-state index in [2.05, 4.69) is 10.1 Å². The molecule has 0 atom stereocenters. The van der Waals surface area contributed by atoms with E-state index in [9.17, 15) is 9.59 Å². The maximum absolute atomic E-state index is 10.3. The van der Waals surface area contributed by atoms with Crippen molar-refractivity contribution in [1.29, 1.82) is 0 Å². The summed E-state index contributed by atoms with van der Waals surface area (Å²) in [4.78, 5) is 20.4. The first-order valence-electron chi connectivity index (χ1n) is 5.66. The van der Waals surface area contributed by atoms with Crippen LogP contribution in [0.5, 0.6) is 0 Å². The van der Waals surface area contributed by atoms with Crippen LogP contribution in [0.2, 0.25) is 0 Å². The molecule has 5 heteroatoms. The Bertz CT molecular complexity index is 404. The third-order valence-corrected chi connectivity index (χ3v) is 2.24. The van der Waals surface area contributed by atoms with Gasteiger partial charge in [0.15, 0.2) is 0 Å². The molecule has 0 spiro atoms. The smallest absolute Gasteiger partial charge is 0.293 e. The average molecular weight is 251 g/mol. The molecule has 0 fully saturated rings. The van der Waals surface area contributed by atoms with Crippen molar-refractivity contribution in [2.75, 3.05) is 5.32 Å². The van der Waals surface area contributed by atoms with Crippen molar-refractivity contribution < 1.29 is 19.1 Å². The summed E-state index contributed by atoms with van der Waals surface area (Å²) in [7, 11) is 0. The fraction of sp³-hybridized carbons (Fsp3) is 0.385. The third-order valence-electron chi connectivity index (χ3n) is 2.24. The van der Waals surface area contributed by atoms with Gasteiger partial charge in [-0.1, -0.05) is 6.07 Å². The predicted octanol–water partition coefficient (Wildman–Crippen LogP) is 1.85. The first kappa shape index (κ1) is 14.0. The zero-order valence-electron chi connectivity index (χ0n) is 10.5. The van der Waals surface area contributed by atoms with Crippen LogP contribution in [-0.4, -0.2) is 19.0 Å². The van der Waals surface area contributed by atoms with Gasteiger partial charge < -0.3 is 14.8 Å². The van der Waals surface area contributed by atoms with Crippen molar-refractivity contribution in [3.05, 3.63) is 29.3 Å². The SMILES string of the molecule is CC(C)Nc1ccc(COC=O)cc1COC=O. The normalized spacial score (nSPS) is 9.94. The topological polar surface area (TPSA) is 64.6 Å². The highest BCUT2D eigenvalue weighted by molar-refractivity contribution is 5.54. The molecule has 98 valence electrons. The van der Waals surface area contributed by atoms with E-state index in [-0.39, 0.29) is 19.3 Å². The second-order valence-corrected chi connectivity index (χ2v) is 4.10. The Morgan fingerprint density at radius 2 is 1.83 bits per heavy atom. The van der Waals surface area contributed by atoms with E-state index in [1.54, 1.807) is 0 Å². The second kappa shape index (κ2) is 7.32. The molecule has 0 aliphatic rings. The lowest BCUT2D eigenvalue weighted by Crippen LogP contribution is -2.12. The highest BCUT2D eigenvalue weighted by Crippen LogP contribution is 2.20. The molecule has 0 radical (unpaired) electrons. The molecule has 0 bridgehead atoms. The van der Waals surface area contributed by atoms with Crippen molar-refractivity contribution in [3.63, 3.8) is 0 Å². The van der Waals surface area contributed by atoms with Gasteiger partial charge in [-0.3, -0.25) is 9.59 Å². The Hall–Kier alpha value is -2.04. The van der Waals surface area contributed by atoms with Gasteiger partial charge in [-0.05, 0) is 31.5 Å². The van der Waals surface area contributed by atoms with Crippen LogP contribution in [-0.2, 0) is 32.3 Å². The third kappa shape index (κ3) is 4.45. The number of carbonyl (C=O) groups excluding carboxylic acids is 2. The molecule has 0 saturated heterocycles. The summed E-state index contributed by atoms with van der Waals surface area (Å²) in [6.07, 6.45) is 0. The molecule has 1 rings (SSSR count). The maximum atomic E-state index is 10.3. The van der Waals surface area contributed by atoms with Gasteiger partial charge in [0.25, 0.3) is 12.9 Å². The summed E-state index contributed by atoms with van der Waals surface area (Å²) in [6, 6.07) is 5.86. The second-order valence-electron chi connectivity index (χ2n) is 4.10. The zero-order valence-corrected chi connectivity index (χ0v) is 10.5. The fourth-order valence-corrected chi connectivity index (χ4v) is 1.56. The Morgan fingerprint density at radius 3 is 2.44 bits per heavy atom. The van der Waals surface area contributed by atoms with E-state index in [4.69, 9.17) is 4.74 Å². The highest BCUT2D eigenvalue weighted by atomic mass is 16.5. The molecule has 0 aromatic heterocycles. The molecule has 5 nitrogen and oxygen atoms in total. The summed E-state index contributed by atoms with van der Waals surface area (Å²) < 4.78 is 9.46. The van der Waals surface area contributed by atoms with E-state index in [0.717, 1.165) is 16.8 Å². The van der Waals surface area contributed by atoms with Gasteiger partial charge in [-0.15, -0.1) is 0 Å². The Morgan fingerprint density at radius 1 is 1.17 bits per heavy atom. The Balaban J connectivity index is 2.87. The molecule has 0 aliphatic carbocycles. The molecule has 0 saturated carbocycles. The molecular weight excluding hydrogens is 234 g/mol. The minimum absolute atomic E-state index is 0.188. The number of carbonyl (C=O) groups is 2. The molecule has 1 N–H and O–H groups in total. The van der Waals surface area contributed by atoms with Crippen LogP contribution in [0.3, 0.4) is 0 Å². The molecule has 18 heavy (non-hydrogen) atoms. The van der Waals surface area contributed by atoms with Crippen molar-refractivity contribution in [2.45, 2.75) is 33.1 Å². The van der Waals surface area contributed by atoms with Crippen LogP contribution in [0, 0.1) is 0 Å². The molecule has 0 unspecified atom stereocenters. The van der Waals surface area contributed by atoms with Crippen molar-refractivity contribution in [2.24, 2.45) is 0 Å². The van der Waals surface area contributed by atoms with Gasteiger partial charge in [-0.25, -0.2) is 0 Å². The Labute approximate surface area is 106 Å². The standard InChI is InChI=1S/C13H17NO4/c1-10(2)14-13-4-3-11(6-17-8-15)5-12(13)7-18-9-16/h3-5,8-10,14H,6-7H2,1-2H3. The van der Waals surface area contributed by atoms with Gasteiger partial charge >= 0.3 is 0 Å². The number of ether oxygens (including phenoxy) is 2. The lowest BCUT2D eigenvalue weighted by atomic mass is 10.1. The Kier molecular flexibility index (Phi) is 5.70. The molecule has 0 amide bonds. The summed E-state index contributed by atoms with van der Waals surface area (Å²) in [5.41, 5.74) is 2.60. The highest BCUT2D eigenvalue weighted by Gasteiger charge is 2.06. The zero-order chi connectivity index (χ0) is 13.4. The van der Waals surface area contributed by atoms with Crippen LogP contribution in [0.25, 0.3) is 0 Å². The van der Waals surface area contributed by atoms with Crippen molar-refractivity contribution in [3.8, 4) is 0 Å². The lowest BCUT2D eigenvalue weighted by molar-refractivity contribution is -0.130. The lowest BCUT2D eigenvalue weighted by Gasteiger charge is -2.15. The van der Waals surface area contributed by atoms with E-state index >= 15 is 0 Å². The minimum Gasteiger partial charge on any atom is -0.463 e. The number of rotatable bonds is 8. The first-order valence-corrected chi connectivity index (χ1v) is 5.66. The summed E-state index contributed by atoms with van der Waals surface area (Å²) in [6.45, 7) is 5.25. The van der Waals surface area contributed by atoms with E-state index < -0.39 is 0 Å². The van der Waals surface area contributed by atoms with Gasteiger partial charge in [0.05, 0.1) is 0 Å². The van der Waals surface area contributed by atoms with E-state index in [1.807, 2.05) is 32.0 Å². The molecule has 1 aromatic carbocycles. The predicted molar refractivity (Wildman–Crippen MR) is 66.9 cm³/mol. The molecular formula is C13H17NO4. The first-order chi connectivity index (χ1) is 8.67. The van der Waals surface area contributed by atoms with Crippen LogP contribution in [0.1, 0.15) is 25.0 Å². The van der Waals surface area contributed by atoms with Gasteiger partial charge in [-0.2, -0.15) is 0 Å². The number of anilines is 1. The molecule has 0 aliphatic heterocycles. The fourth-order valence-electron chi connectivity index (χ4n) is 1.56. The van der Waals surface area contributed by atoms with Crippen LogP contribution in [0.15, 0.2) is 18.2 Å². The van der Waals surface area contributed by atoms with Gasteiger partial charge in [0.2, 0.25) is 0 Å². The van der Waals surface area contributed by atoms with Gasteiger partial charge in [0.1, 0.15) is 13.2 Å². The van der Waals surface area contributed by atoms with Crippen molar-refractivity contribution >= 4 is 18.6 Å². The summed E-state index contributed by atoms with van der Waals surface area (Å²) >= 11 is 0. The van der Waals surface area contributed by atoms with Crippen LogP contribution in [0.4, 0.5) is 5.69 Å². The quantitative estimate of drug-likeness (QED) is 0.714. The number of nitrogens with one attached hydrogen (secondary N) is 1. The maximum Gasteiger partial charge on any atom is 0.293 e. The number of hydrogen-bond acceptors (Lipinski definition) is 5. The van der Waals surface area contributed by atoms with Crippen LogP contribution >= 0.6 is 0 Å². The number of benzene rings is 1. The summed E-state index contributed by atoms with van der Waals surface area (Å²) in [5, 5.41) is 3.26. The summed E-state index contributed by atoms with van der Waals surface area (Å²) in [5.74, 6) is 0. The van der Waals surface area contributed by atoms with E-state index in [0.29, 0.717) is 12.9 Å². The van der Waals surface area contributed by atoms with E-state index in [1.165, 1.54) is 0 Å². The minimum atomic E-state index is 0.188. The monoisotopic (exact) mass is 251 g/mol. The van der Waals surface area contributed by atoms with Crippen molar-refractivity contribution in [1.82, 2.24) is 0 Å². The molecule has 0 heterocycles. The van der Waals surface area contributed by atoms with Gasteiger partial charge in [0, 0.05) is 17.3 Å². The molecule has 1 aromatic rings. The average Bonchev–Trinajstić information content (AvgIpc) is 2.35.